The number of carbonyl (C=O) groups excluding carboxylic acids is 1. The second kappa shape index (κ2) is 7.67. The van der Waals surface area contributed by atoms with Gasteiger partial charge in [0.1, 0.15) is 0 Å². The van der Waals surface area contributed by atoms with Crippen LogP contribution in [0, 0.1) is 5.92 Å². The molecule has 0 bridgehead atoms. The lowest BCUT2D eigenvalue weighted by Gasteiger charge is -2.27. The fourth-order valence-corrected chi connectivity index (χ4v) is 2.21. The number of nitrogens with two attached hydrogens (primary N) is 1. The van der Waals surface area contributed by atoms with Crippen molar-refractivity contribution in [3.63, 3.8) is 0 Å². The van der Waals surface area contributed by atoms with Gasteiger partial charge in [-0.3, -0.25) is 4.79 Å². The maximum absolute atomic E-state index is 11.8. The van der Waals surface area contributed by atoms with E-state index >= 15 is 0 Å². The molecule has 1 saturated heterocycles. The van der Waals surface area contributed by atoms with Crippen molar-refractivity contribution in [2.45, 2.75) is 45.1 Å². The van der Waals surface area contributed by atoms with Gasteiger partial charge in [-0.2, -0.15) is 0 Å². The molecule has 0 saturated carbocycles. The summed E-state index contributed by atoms with van der Waals surface area (Å²) < 4.78 is 5.42. The zero-order chi connectivity index (χ0) is 12.7. The van der Waals surface area contributed by atoms with Gasteiger partial charge in [0.25, 0.3) is 0 Å². The number of ether oxygens (including phenoxy) is 1. The van der Waals surface area contributed by atoms with Gasteiger partial charge >= 0.3 is 0 Å². The molecule has 0 spiro atoms. The highest BCUT2D eigenvalue weighted by atomic mass is 16.5. The van der Waals surface area contributed by atoms with E-state index < -0.39 is 0 Å². The Kier molecular flexibility index (Phi) is 6.52. The fraction of sp³-hybridized carbons (Fsp3) is 0.923. The highest BCUT2D eigenvalue weighted by Crippen LogP contribution is 2.15. The predicted octanol–water partition coefficient (Wildman–Crippen LogP) is 1.39. The maximum Gasteiger partial charge on any atom is 0.222 e. The van der Waals surface area contributed by atoms with Crippen LogP contribution in [0.1, 0.15) is 39.0 Å². The Morgan fingerprint density at radius 3 is 2.94 bits per heavy atom. The molecular weight excluding hydrogens is 216 g/mol. The van der Waals surface area contributed by atoms with Crippen LogP contribution in [-0.4, -0.2) is 43.7 Å². The largest absolute Gasteiger partial charge is 0.381 e. The van der Waals surface area contributed by atoms with Gasteiger partial charge in [0, 0.05) is 32.7 Å². The first-order valence-electron chi connectivity index (χ1n) is 6.67. The van der Waals surface area contributed by atoms with Crippen molar-refractivity contribution in [2.24, 2.45) is 11.7 Å². The van der Waals surface area contributed by atoms with E-state index in [1.165, 1.54) is 6.42 Å². The zero-order valence-corrected chi connectivity index (χ0v) is 11.2. The van der Waals surface area contributed by atoms with E-state index in [0.29, 0.717) is 12.3 Å². The monoisotopic (exact) mass is 242 g/mol. The summed E-state index contributed by atoms with van der Waals surface area (Å²) in [6.45, 7) is 4.49. The summed E-state index contributed by atoms with van der Waals surface area (Å²) in [4.78, 5) is 13.7. The van der Waals surface area contributed by atoms with E-state index in [-0.39, 0.29) is 11.9 Å². The van der Waals surface area contributed by atoms with E-state index in [2.05, 4.69) is 0 Å². The van der Waals surface area contributed by atoms with Crippen molar-refractivity contribution in [1.82, 2.24) is 4.90 Å². The van der Waals surface area contributed by atoms with E-state index in [9.17, 15) is 4.79 Å². The smallest absolute Gasteiger partial charge is 0.222 e. The molecule has 4 heteroatoms. The van der Waals surface area contributed by atoms with Gasteiger partial charge in [-0.1, -0.05) is 0 Å². The van der Waals surface area contributed by atoms with Crippen LogP contribution in [0.25, 0.3) is 0 Å². The first-order chi connectivity index (χ1) is 8.09. The van der Waals surface area contributed by atoms with Crippen LogP contribution in [0.5, 0.6) is 0 Å². The summed E-state index contributed by atoms with van der Waals surface area (Å²) >= 11 is 0. The molecule has 4 nitrogen and oxygen atoms in total. The third-order valence-electron chi connectivity index (χ3n) is 3.26. The Balaban J connectivity index is 2.16. The molecule has 1 aliphatic rings. The van der Waals surface area contributed by atoms with Crippen molar-refractivity contribution in [3.05, 3.63) is 0 Å². The number of nitrogens with zero attached hydrogens (tertiary/aromatic N) is 1. The average Bonchev–Trinajstić information content (AvgIpc) is 2.29. The molecule has 1 amide bonds. The lowest BCUT2D eigenvalue weighted by Crippen LogP contribution is -2.35. The second-order valence-electron chi connectivity index (χ2n) is 5.23. The number of amides is 1. The van der Waals surface area contributed by atoms with E-state index in [1.807, 2.05) is 18.9 Å². The van der Waals surface area contributed by atoms with Crippen LogP contribution in [0.15, 0.2) is 0 Å². The van der Waals surface area contributed by atoms with Gasteiger partial charge in [-0.15, -0.1) is 0 Å². The molecule has 17 heavy (non-hydrogen) atoms. The second-order valence-corrected chi connectivity index (χ2v) is 5.23. The zero-order valence-electron chi connectivity index (χ0n) is 11.2. The Labute approximate surface area is 104 Å². The summed E-state index contributed by atoms with van der Waals surface area (Å²) in [5, 5.41) is 0. The molecule has 0 aromatic carbocycles. The van der Waals surface area contributed by atoms with Gasteiger partial charge in [-0.25, -0.2) is 0 Å². The SMILES string of the molecule is CC(N)CCCC(=O)N(C)CC1CCCOC1. The Bertz CT molecular complexity index is 225. The van der Waals surface area contributed by atoms with E-state index in [0.717, 1.165) is 39.0 Å². The molecule has 100 valence electrons. The fourth-order valence-electron chi connectivity index (χ4n) is 2.21. The number of rotatable bonds is 6. The highest BCUT2D eigenvalue weighted by Gasteiger charge is 2.18. The molecule has 0 aliphatic carbocycles. The van der Waals surface area contributed by atoms with Crippen LogP contribution in [0.2, 0.25) is 0 Å². The highest BCUT2D eigenvalue weighted by molar-refractivity contribution is 5.75. The molecule has 1 fully saturated rings. The summed E-state index contributed by atoms with van der Waals surface area (Å²) in [7, 11) is 1.89. The predicted molar refractivity (Wildman–Crippen MR) is 68.7 cm³/mol. The Morgan fingerprint density at radius 1 is 1.59 bits per heavy atom. The van der Waals surface area contributed by atoms with Crippen molar-refractivity contribution >= 4 is 5.91 Å². The molecule has 2 unspecified atom stereocenters. The Hall–Kier alpha value is -0.610. The van der Waals surface area contributed by atoms with Crippen LogP contribution < -0.4 is 5.73 Å². The van der Waals surface area contributed by atoms with Crippen molar-refractivity contribution in [1.29, 1.82) is 0 Å². The molecule has 1 aliphatic heterocycles. The molecular formula is C13H26N2O2. The third-order valence-corrected chi connectivity index (χ3v) is 3.26. The molecule has 0 radical (unpaired) electrons. The lowest BCUT2D eigenvalue weighted by molar-refractivity contribution is -0.131. The van der Waals surface area contributed by atoms with Gasteiger partial charge in [0.15, 0.2) is 0 Å². The van der Waals surface area contributed by atoms with Gasteiger partial charge in [0.2, 0.25) is 5.91 Å². The van der Waals surface area contributed by atoms with E-state index in [1.54, 1.807) is 0 Å². The van der Waals surface area contributed by atoms with Crippen LogP contribution in [0.4, 0.5) is 0 Å². The lowest BCUT2D eigenvalue weighted by atomic mass is 10.0. The standard InChI is InChI=1S/C13H26N2O2/c1-11(14)5-3-7-13(16)15(2)9-12-6-4-8-17-10-12/h11-12H,3-10,14H2,1-2H3. The van der Waals surface area contributed by atoms with Crippen LogP contribution in [-0.2, 0) is 9.53 Å². The maximum atomic E-state index is 11.8. The molecule has 0 aromatic heterocycles. The molecule has 2 atom stereocenters. The van der Waals surface area contributed by atoms with Crippen LogP contribution in [0.3, 0.4) is 0 Å². The summed E-state index contributed by atoms with van der Waals surface area (Å²) in [6, 6.07) is 0.194. The quantitative estimate of drug-likeness (QED) is 0.765. The van der Waals surface area contributed by atoms with Gasteiger partial charge in [0.05, 0.1) is 6.61 Å². The van der Waals surface area contributed by atoms with Crippen molar-refractivity contribution < 1.29 is 9.53 Å². The van der Waals surface area contributed by atoms with Crippen LogP contribution >= 0.6 is 0 Å². The average molecular weight is 242 g/mol. The van der Waals surface area contributed by atoms with Gasteiger partial charge < -0.3 is 15.4 Å². The number of carbonyl (C=O) groups is 1. The minimum absolute atomic E-state index is 0.194. The summed E-state index contributed by atoms with van der Waals surface area (Å²) in [5.41, 5.74) is 5.66. The van der Waals surface area contributed by atoms with E-state index in [4.69, 9.17) is 10.5 Å². The van der Waals surface area contributed by atoms with Gasteiger partial charge in [-0.05, 0) is 38.5 Å². The Morgan fingerprint density at radius 2 is 2.35 bits per heavy atom. The first kappa shape index (κ1) is 14.5. The summed E-state index contributed by atoms with van der Waals surface area (Å²) in [5.74, 6) is 0.752. The minimum atomic E-state index is 0.194. The van der Waals surface area contributed by atoms with Crippen molar-refractivity contribution in [3.8, 4) is 0 Å². The normalized spacial score (nSPS) is 22.2. The third kappa shape index (κ3) is 6.03. The molecule has 1 rings (SSSR count). The van der Waals surface area contributed by atoms with Crippen molar-refractivity contribution in [2.75, 3.05) is 26.8 Å². The minimum Gasteiger partial charge on any atom is -0.381 e. The first-order valence-corrected chi connectivity index (χ1v) is 6.67. The number of hydrogen-bond donors (Lipinski definition) is 1. The topological polar surface area (TPSA) is 55.6 Å². The molecule has 1 heterocycles. The molecule has 0 aromatic rings. The number of hydrogen-bond acceptors (Lipinski definition) is 3. The summed E-state index contributed by atoms with van der Waals surface area (Å²) in [6.07, 6.45) is 4.73. The molecule has 2 N–H and O–H groups in total.